The first kappa shape index (κ1) is 31.4. The van der Waals surface area contributed by atoms with Crippen molar-refractivity contribution in [1.29, 1.82) is 0 Å². The first-order valence-corrected chi connectivity index (χ1v) is 17.1. The van der Waals surface area contributed by atoms with Crippen LogP contribution in [0, 0.1) is 25.6 Å². The largest absolute Gasteiger partial charge is 0.493 e. The summed E-state index contributed by atoms with van der Waals surface area (Å²) in [6.45, 7) is 9.31. The third-order valence-electron chi connectivity index (χ3n) is 9.27. The Bertz CT molecular complexity index is 1710. The van der Waals surface area contributed by atoms with Gasteiger partial charge in [-0.25, -0.2) is 17.1 Å². The Morgan fingerprint density at radius 1 is 1.09 bits per heavy atom. The third kappa shape index (κ3) is 6.14. The van der Waals surface area contributed by atoms with Crippen LogP contribution in [0.4, 0.5) is 4.39 Å². The summed E-state index contributed by atoms with van der Waals surface area (Å²) < 4.78 is 59.8. The molecule has 1 fully saturated rings. The number of carboxylic acids is 1. The number of benzene rings is 3. The summed E-state index contributed by atoms with van der Waals surface area (Å²) in [7, 11) is -3.22. The quantitative estimate of drug-likeness (QED) is 0.254. The van der Waals surface area contributed by atoms with E-state index in [1.807, 2.05) is 50.2 Å². The first-order valence-electron chi connectivity index (χ1n) is 15.6. The Morgan fingerprint density at radius 2 is 1.82 bits per heavy atom. The van der Waals surface area contributed by atoms with E-state index in [2.05, 4.69) is 0 Å². The molecule has 0 amide bonds. The number of aryl methyl sites for hydroxylation is 2. The standard InChI is InChI=1S/C35H40FNO7S/c1-20(2)45(40,41)37-16-23(17-37)18-42-26-13-21(3)34(22(4)14-26)28-8-10-30(36)35-29(28)9-11-31(35)44-25-6-7-27-24(5-12-33(38)39)19-43-32(27)15-25/h6-8,10,13-15,20,23-24,31H,5,9,11-12,16-19H2,1-4H3,(H,38,39)/t24-,31-/m1/s1. The van der Waals surface area contributed by atoms with Gasteiger partial charge >= 0.3 is 5.97 Å². The van der Waals surface area contributed by atoms with Gasteiger partial charge in [0.1, 0.15) is 29.2 Å². The summed E-state index contributed by atoms with van der Waals surface area (Å²) >= 11 is 0. The monoisotopic (exact) mass is 637 g/mol. The molecule has 10 heteroatoms. The zero-order valence-electron chi connectivity index (χ0n) is 26.1. The molecule has 0 unspecified atom stereocenters. The number of rotatable bonds is 11. The van der Waals surface area contributed by atoms with Gasteiger partial charge in [-0.1, -0.05) is 12.1 Å². The molecule has 2 aliphatic heterocycles. The van der Waals surface area contributed by atoms with Crippen LogP contribution >= 0.6 is 0 Å². The summed E-state index contributed by atoms with van der Waals surface area (Å²) in [5.74, 6) is 1.12. The maximum atomic E-state index is 15.4. The highest BCUT2D eigenvalue weighted by molar-refractivity contribution is 7.89. The normalized spacial score (nSPS) is 19.6. The van der Waals surface area contributed by atoms with E-state index in [-0.39, 0.29) is 24.1 Å². The van der Waals surface area contributed by atoms with Crippen LogP contribution in [0.1, 0.15) is 72.9 Å². The van der Waals surface area contributed by atoms with E-state index in [1.165, 1.54) is 10.4 Å². The summed E-state index contributed by atoms with van der Waals surface area (Å²) in [4.78, 5) is 11.0. The Kier molecular flexibility index (Phi) is 8.56. The topological polar surface area (TPSA) is 102 Å². The molecule has 0 spiro atoms. The van der Waals surface area contributed by atoms with Crippen molar-refractivity contribution < 1.29 is 36.9 Å². The van der Waals surface area contributed by atoms with Crippen LogP contribution in [0.5, 0.6) is 17.2 Å². The van der Waals surface area contributed by atoms with Crippen LogP contribution in [0.15, 0.2) is 42.5 Å². The lowest BCUT2D eigenvalue weighted by atomic mass is 9.90. The van der Waals surface area contributed by atoms with Gasteiger partial charge in [0, 0.05) is 48.5 Å². The molecule has 240 valence electrons. The Balaban J connectivity index is 1.16. The van der Waals surface area contributed by atoms with Gasteiger partial charge in [0.05, 0.1) is 18.5 Å². The summed E-state index contributed by atoms with van der Waals surface area (Å²) in [6.07, 6.45) is 1.50. The van der Waals surface area contributed by atoms with E-state index in [4.69, 9.17) is 19.3 Å². The van der Waals surface area contributed by atoms with Gasteiger partial charge in [-0.3, -0.25) is 4.79 Å². The Labute approximate surface area is 264 Å². The van der Waals surface area contributed by atoms with E-state index in [9.17, 15) is 13.2 Å². The summed E-state index contributed by atoms with van der Waals surface area (Å²) in [6, 6.07) is 13.0. The lowest BCUT2D eigenvalue weighted by Gasteiger charge is -2.38. The molecule has 0 saturated carbocycles. The van der Waals surface area contributed by atoms with E-state index >= 15 is 4.39 Å². The second kappa shape index (κ2) is 12.3. The molecule has 8 nitrogen and oxygen atoms in total. The fourth-order valence-corrected chi connectivity index (χ4v) is 8.27. The van der Waals surface area contributed by atoms with Crippen molar-refractivity contribution in [3.05, 3.63) is 76.1 Å². The van der Waals surface area contributed by atoms with Crippen LogP contribution in [-0.4, -0.2) is 55.4 Å². The number of nitrogens with zero attached hydrogens (tertiary/aromatic N) is 1. The van der Waals surface area contributed by atoms with Crippen molar-refractivity contribution in [2.75, 3.05) is 26.3 Å². The summed E-state index contributed by atoms with van der Waals surface area (Å²) in [5.41, 5.74) is 6.60. The number of hydrogen-bond donors (Lipinski definition) is 1. The second-order valence-corrected chi connectivity index (χ2v) is 15.3. The van der Waals surface area contributed by atoms with Crippen molar-refractivity contribution in [2.24, 2.45) is 5.92 Å². The molecular formula is C35H40FNO7S. The number of fused-ring (bicyclic) bond motifs is 2. The van der Waals surface area contributed by atoms with Crippen LogP contribution in [0.25, 0.3) is 11.1 Å². The highest BCUT2D eigenvalue weighted by Crippen LogP contribution is 2.45. The van der Waals surface area contributed by atoms with Gasteiger partial charge in [0.15, 0.2) is 0 Å². The van der Waals surface area contributed by atoms with Crippen LogP contribution < -0.4 is 14.2 Å². The maximum absolute atomic E-state index is 15.4. The Hall–Kier alpha value is -3.63. The van der Waals surface area contributed by atoms with Gasteiger partial charge in [0.25, 0.3) is 0 Å². The minimum absolute atomic E-state index is 0.0396. The fraction of sp³-hybridized carbons (Fsp3) is 0.457. The molecule has 45 heavy (non-hydrogen) atoms. The van der Waals surface area contributed by atoms with Crippen LogP contribution in [0.3, 0.4) is 0 Å². The lowest BCUT2D eigenvalue weighted by molar-refractivity contribution is -0.137. The molecule has 1 aliphatic carbocycles. The van der Waals surface area contributed by atoms with Gasteiger partial charge in [-0.05, 0) is 99.0 Å². The number of carboxylic acid groups (broad SMARTS) is 1. The SMILES string of the molecule is Cc1cc(OCC2CN(S(=O)(=O)C(C)C)C2)cc(C)c1-c1ccc(F)c2c1CC[C@H]2Oc1ccc2c(c1)OC[C@H]2CCC(=O)O. The zero-order chi connectivity index (χ0) is 32.0. The van der Waals surface area contributed by atoms with Crippen molar-refractivity contribution in [2.45, 2.75) is 70.7 Å². The maximum Gasteiger partial charge on any atom is 0.303 e. The zero-order valence-corrected chi connectivity index (χ0v) is 27.0. The minimum Gasteiger partial charge on any atom is -0.493 e. The van der Waals surface area contributed by atoms with Crippen molar-refractivity contribution in [3.8, 4) is 28.4 Å². The highest BCUT2D eigenvalue weighted by Gasteiger charge is 2.38. The number of carbonyl (C=O) groups is 1. The van der Waals surface area contributed by atoms with Gasteiger partial charge in [0.2, 0.25) is 10.0 Å². The van der Waals surface area contributed by atoms with Crippen molar-refractivity contribution in [1.82, 2.24) is 4.31 Å². The second-order valence-electron chi connectivity index (χ2n) is 12.8. The number of sulfonamides is 1. The predicted octanol–water partition coefficient (Wildman–Crippen LogP) is 6.57. The molecule has 0 radical (unpaired) electrons. The number of ether oxygens (including phenoxy) is 3. The molecule has 2 heterocycles. The van der Waals surface area contributed by atoms with Crippen molar-refractivity contribution in [3.63, 3.8) is 0 Å². The van der Waals surface area contributed by atoms with Gasteiger partial charge in [-0.15, -0.1) is 0 Å². The van der Waals surface area contributed by atoms with E-state index in [0.29, 0.717) is 62.6 Å². The molecule has 3 aliphatic rings. The third-order valence-corrected chi connectivity index (χ3v) is 11.5. The van der Waals surface area contributed by atoms with Crippen LogP contribution in [-0.2, 0) is 21.2 Å². The number of hydrogen-bond acceptors (Lipinski definition) is 6. The van der Waals surface area contributed by atoms with E-state index in [1.54, 1.807) is 13.8 Å². The summed E-state index contributed by atoms with van der Waals surface area (Å²) in [5, 5.41) is 8.62. The molecular weight excluding hydrogens is 597 g/mol. The smallest absolute Gasteiger partial charge is 0.303 e. The van der Waals surface area contributed by atoms with E-state index in [0.717, 1.165) is 39.1 Å². The molecule has 3 aromatic carbocycles. The molecule has 0 bridgehead atoms. The Morgan fingerprint density at radius 3 is 2.51 bits per heavy atom. The fourth-order valence-electron chi connectivity index (χ4n) is 6.84. The highest BCUT2D eigenvalue weighted by atomic mass is 32.2. The lowest BCUT2D eigenvalue weighted by Crippen LogP contribution is -2.53. The average Bonchev–Trinajstić information content (AvgIpc) is 3.56. The molecule has 1 saturated heterocycles. The molecule has 2 atom stereocenters. The number of halogens is 1. The predicted molar refractivity (Wildman–Crippen MR) is 169 cm³/mol. The minimum atomic E-state index is -3.22. The van der Waals surface area contributed by atoms with E-state index < -0.39 is 27.3 Å². The van der Waals surface area contributed by atoms with Gasteiger partial charge in [-0.2, -0.15) is 0 Å². The first-order chi connectivity index (χ1) is 21.4. The molecule has 6 rings (SSSR count). The number of aliphatic carboxylic acids is 1. The molecule has 3 aromatic rings. The van der Waals surface area contributed by atoms with Gasteiger partial charge < -0.3 is 19.3 Å². The molecule has 0 aromatic heterocycles. The van der Waals surface area contributed by atoms with Crippen LogP contribution in [0.2, 0.25) is 0 Å². The van der Waals surface area contributed by atoms with Crippen molar-refractivity contribution >= 4 is 16.0 Å². The average molecular weight is 638 g/mol. The molecule has 1 N–H and O–H groups in total.